The van der Waals surface area contributed by atoms with Gasteiger partial charge in [-0.25, -0.2) is 0 Å². The lowest BCUT2D eigenvalue weighted by molar-refractivity contribution is 0.0827. The predicted molar refractivity (Wildman–Crippen MR) is 78.2 cm³/mol. The van der Waals surface area contributed by atoms with Crippen molar-refractivity contribution in [3.8, 4) is 0 Å². The number of rotatable bonds is 4. The Balaban J connectivity index is 1.97. The van der Waals surface area contributed by atoms with Crippen molar-refractivity contribution in [3.05, 3.63) is 52.4 Å². The summed E-state index contributed by atoms with van der Waals surface area (Å²) in [6, 6.07) is 11.1. The quantitative estimate of drug-likeness (QED) is 0.938. The van der Waals surface area contributed by atoms with Gasteiger partial charge in [-0.2, -0.15) is 0 Å². The summed E-state index contributed by atoms with van der Waals surface area (Å²) in [6.45, 7) is 0.604. The van der Waals surface area contributed by atoms with Crippen LogP contribution in [0.1, 0.15) is 16.1 Å². The molecule has 2 rings (SSSR count). The number of hydrogen-bond acceptors (Lipinski definition) is 3. The van der Waals surface area contributed by atoms with Gasteiger partial charge < -0.3 is 14.6 Å². The summed E-state index contributed by atoms with van der Waals surface area (Å²) < 4.78 is 6.11. The second-order valence-electron chi connectivity index (χ2n) is 4.34. The molecule has 0 radical (unpaired) electrons. The molecule has 2 aromatic rings. The fraction of sp³-hybridized carbons (Fsp3) is 0.214. The van der Waals surface area contributed by atoms with Crippen molar-refractivity contribution in [2.45, 2.75) is 6.54 Å². The van der Waals surface area contributed by atoms with Gasteiger partial charge in [0.1, 0.15) is 5.76 Å². The molecule has 1 aromatic carbocycles. The van der Waals surface area contributed by atoms with E-state index in [1.165, 1.54) is 0 Å². The summed E-state index contributed by atoms with van der Waals surface area (Å²) >= 11 is 3.26. The zero-order valence-corrected chi connectivity index (χ0v) is 12.4. The number of halogens is 1. The minimum Gasteiger partial charge on any atom is -0.452 e. The monoisotopic (exact) mass is 322 g/mol. The Morgan fingerprint density at radius 3 is 2.42 bits per heavy atom. The van der Waals surface area contributed by atoms with E-state index in [0.29, 0.717) is 12.1 Å². The SMILES string of the molecule is CN(C)C(=O)c1ccc(NCc2ccc(Br)o2)cc1. The molecule has 19 heavy (non-hydrogen) atoms. The fourth-order valence-corrected chi connectivity index (χ4v) is 1.96. The molecule has 0 aliphatic heterocycles. The molecule has 5 heteroatoms. The summed E-state index contributed by atoms with van der Waals surface area (Å²) in [5, 5.41) is 3.23. The van der Waals surface area contributed by atoms with Crippen molar-refractivity contribution < 1.29 is 9.21 Å². The lowest BCUT2D eigenvalue weighted by atomic mass is 10.2. The van der Waals surface area contributed by atoms with Crippen LogP contribution in [-0.4, -0.2) is 24.9 Å². The van der Waals surface area contributed by atoms with Crippen LogP contribution in [0.25, 0.3) is 0 Å². The molecule has 1 aromatic heterocycles. The van der Waals surface area contributed by atoms with Crippen molar-refractivity contribution in [1.82, 2.24) is 4.90 Å². The number of amides is 1. The number of benzene rings is 1. The van der Waals surface area contributed by atoms with Gasteiger partial charge in [0.2, 0.25) is 0 Å². The zero-order valence-electron chi connectivity index (χ0n) is 10.8. The van der Waals surface area contributed by atoms with Crippen molar-refractivity contribution in [2.24, 2.45) is 0 Å². The molecule has 0 aliphatic rings. The van der Waals surface area contributed by atoms with Crippen LogP contribution >= 0.6 is 15.9 Å². The van der Waals surface area contributed by atoms with Gasteiger partial charge in [-0.3, -0.25) is 4.79 Å². The fourth-order valence-electron chi connectivity index (χ4n) is 1.62. The van der Waals surface area contributed by atoms with E-state index < -0.39 is 0 Å². The first-order valence-electron chi connectivity index (χ1n) is 5.86. The lowest BCUT2D eigenvalue weighted by Crippen LogP contribution is -2.21. The van der Waals surface area contributed by atoms with Crippen LogP contribution < -0.4 is 5.32 Å². The first kappa shape index (κ1) is 13.7. The standard InChI is InChI=1S/C14H15BrN2O2/c1-17(2)14(18)10-3-5-11(6-4-10)16-9-12-7-8-13(15)19-12/h3-8,16H,9H2,1-2H3. The van der Waals surface area contributed by atoms with Gasteiger partial charge >= 0.3 is 0 Å². The highest BCUT2D eigenvalue weighted by molar-refractivity contribution is 9.10. The van der Waals surface area contributed by atoms with Gasteiger partial charge in [-0.1, -0.05) is 0 Å². The van der Waals surface area contributed by atoms with E-state index in [0.717, 1.165) is 16.1 Å². The Labute approximate surface area is 120 Å². The Hall–Kier alpha value is -1.75. The van der Waals surface area contributed by atoms with Crippen LogP contribution in [0, 0.1) is 0 Å². The number of nitrogens with one attached hydrogen (secondary N) is 1. The average Bonchev–Trinajstić information content (AvgIpc) is 2.82. The van der Waals surface area contributed by atoms with Gasteiger partial charge in [0, 0.05) is 25.3 Å². The number of anilines is 1. The molecule has 100 valence electrons. The van der Waals surface area contributed by atoms with Crippen molar-refractivity contribution in [1.29, 1.82) is 0 Å². The van der Waals surface area contributed by atoms with Crippen LogP contribution in [0.4, 0.5) is 5.69 Å². The third-order valence-corrected chi connectivity index (χ3v) is 3.06. The third kappa shape index (κ3) is 3.61. The van der Waals surface area contributed by atoms with Crippen molar-refractivity contribution >= 4 is 27.5 Å². The van der Waals surface area contributed by atoms with Gasteiger partial charge in [0.05, 0.1) is 6.54 Å². The highest BCUT2D eigenvalue weighted by Gasteiger charge is 2.07. The molecule has 0 saturated heterocycles. The number of carbonyl (C=O) groups excluding carboxylic acids is 1. The summed E-state index contributed by atoms with van der Waals surface area (Å²) in [5.41, 5.74) is 1.62. The second kappa shape index (κ2) is 5.93. The number of nitrogens with zero attached hydrogens (tertiary/aromatic N) is 1. The molecular weight excluding hydrogens is 308 g/mol. The maximum atomic E-state index is 11.7. The molecule has 0 aliphatic carbocycles. The van der Waals surface area contributed by atoms with Crippen LogP contribution in [-0.2, 0) is 6.54 Å². The van der Waals surface area contributed by atoms with E-state index in [-0.39, 0.29) is 5.91 Å². The number of hydrogen-bond donors (Lipinski definition) is 1. The van der Waals surface area contributed by atoms with Crippen LogP contribution in [0.2, 0.25) is 0 Å². The van der Waals surface area contributed by atoms with Crippen LogP contribution in [0.3, 0.4) is 0 Å². The molecule has 1 N–H and O–H groups in total. The lowest BCUT2D eigenvalue weighted by Gasteiger charge is -2.11. The Kier molecular flexibility index (Phi) is 4.27. The molecule has 4 nitrogen and oxygen atoms in total. The third-order valence-electron chi connectivity index (χ3n) is 2.63. The van der Waals surface area contributed by atoms with E-state index in [1.807, 2.05) is 36.4 Å². The van der Waals surface area contributed by atoms with E-state index in [2.05, 4.69) is 21.2 Å². The van der Waals surface area contributed by atoms with Gasteiger partial charge in [-0.05, 0) is 52.3 Å². The van der Waals surface area contributed by atoms with Gasteiger partial charge in [0.25, 0.3) is 5.91 Å². The normalized spacial score (nSPS) is 10.3. The molecule has 1 amide bonds. The maximum Gasteiger partial charge on any atom is 0.253 e. The van der Waals surface area contributed by atoms with Gasteiger partial charge in [0.15, 0.2) is 4.67 Å². The zero-order chi connectivity index (χ0) is 13.8. The van der Waals surface area contributed by atoms with E-state index in [1.54, 1.807) is 19.0 Å². The average molecular weight is 323 g/mol. The smallest absolute Gasteiger partial charge is 0.253 e. The first-order valence-corrected chi connectivity index (χ1v) is 6.65. The topological polar surface area (TPSA) is 45.5 Å². The molecular formula is C14H15BrN2O2. The maximum absolute atomic E-state index is 11.7. The first-order chi connectivity index (χ1) is 9.06. The summed E-state index contributed by atoms with van der Waals surface area (Å²) in [7, 11) is 3.48. The van der Waals surface area contributed by atoms with Crippen LogP contribution in [0.5, 0.6) is 0 Å². The molecule has 0 spiro atoms. The van der Waals surface area contributed by atoms with E-state index in [4.69, 9.17) is 4.42 Å². The van der Waals surface area contributed by atoms with Crippen molar-refractivity contribution in [3.63, 3.8) is 0 Å². The second-order valence-corrected chi connectivity index (χ2v) is 5.12. The Bertz CT molecular complexity index is 561. The molecule has 1 heterocycles. The summed E-state index contributed by atoms with van der Waals surface area (Å²) in [4.78, 5) is 13.3. The molecule has 0 bridgehead atoms. The summed E-state index contributed by atoms with van der Waals surface area (Å²) in [5.74, 6) is 0.849. The predicted octanol–water partition coefficient (Wildman–Crippen LogP) is 3.36. The Morgan fingerprint density at radius 2 is 1.89 bits per heavy atom. The Morgan fingerprint density at radius 1 is 1.21 bits per heavy atom. The minimum atomic E-state index is 0.00140. The molecule has 0 atom stereocenters. The molecule has 0 saturated carbocycles. The highest BCUT2D eigenvalue weighted by Crippen LogP contribution is 2.16. The molecule has 0 unspecified atom stereocenters. The largest absolute Gasteiger partial charge is 0.452 e. The van der Waals surface area contributed by atoms with Crippen LogP contribution in [0.15, 0.2) is 45.5 Å². The summed E-state index contributed by atoms with van der Waals surface area (Å²) in [6.07, 6.45) is 0. The number of carbonyl (C=O) groups is 1. The highest BCUT2D eigenvalue weighted by atomic mass is 79.9. The van der Waals surface area contributed by atoms with Gasteiger partial charge in [-0.15, -0.1) is 0 Å². The van der Waals surface area contributed by atoms with E-state index in [9.17, 15) is 4.79 Å². The number of furan rings is 1. The minimum absolute atomic E-state index is 0.00140. The van der Waals surface area contributed by atoms with Crippen molar-refractivity contribution in [2.75, 3.05) is 19.4 Å². The molecule has 0 fully saturated rings. The van der Waals surface area contributed by atoms with E-state index >= 15 is 0 Å².